The summed E-state index contributed by atoms with van der Waals surface area (Å²) in [5.74, 6) is 0. The predicted octanol–water partition coefficient (Wildman–Crippen LogP) is 12.6. The van der Waals surface area contributed by atoms with Gasteiger partial charge >= 0.3 is 0 Å². The highest BCUT2D eigenvalue weighted by Gasteiger charge is 2.19. The van der Waals surface area contributed by atoms with Gasteiger partial charge in [-0.3, -0.25) is 0 Å². The molecule has 0 amide bonds. The van der Waals surface area contributed by atoms with E-state index in [1.807, 2.05) is 0 Å². The Morgan fingerprint density at radius 3 is 0.961 bits per heavy atom. The van der Waals surface area contributed by atoms with Crippen LogP contribution in [0.4, 0.5) is 0 Å². The first kappa shape index (κ1) is 28.0. The van der Waals surface area contributed by atoms with E-state index in [2.05, 4.69) is 202 Å². The Kier molecular flexibility index (Phi) is 5.96. The summed E-state index contributed by atoms with van der Waals surface area (Å²) in [6, 6.07) is 68.4. The fraction of sp³-hybridized carbons (Fsp3) is 0. The van der Waals surface area contributed by atoms with E-state index in [1.165, 1.54) is 76.5 Å². The molecule has 3 heterocycles. The maximum absolute atomic E-state index is 2.43. The van der Waals surface area contributed by atoms with Gasteiger partial charge in [0, 0.05) is 49.4 Å². The zero-order chi connectivity index (χ0) is 33.5. The number of para-hydroxylation sites is 4. The molecule has 8 aromatic carbocycles. The quantitative estimate of drug-likeness (QED) is 0.180. The number of fused-ring (bicyclic) bond motifs is 9. The lowest BCUT2D eigenvalue weighted by Gasteiger charge is -2.12. The van der Waals surface area contributed by atoms with Crippen molar-refractivity contribution in [1.29, 1.82) is 0 Å². The molecule has 238 valence electrons. The summed E-state index contributed by atoms with van der Waals surface area (Å²) in [5, 5.41) is 7.57. The molecular formula is C48H31N3. The number of hydrogen-bond acceptors (Lipinski definition) is 0. The minimum absolute atomic E-state index is 1.14. The summed E-state index contributed by atoms with van der Waals surface area (Å²) in [6.45, 7) is 0. The fourth-order valence-electron chi connectivity index (χ4n) is 8.37. The van der Waals surface area contributed by atoms with E-state index < -0.39 is 0 Å². The lowest BCUT2D eigenvalue weighted by Crippen LogP contribution is -1.98. The van der Waals surface area contributed by atoms with Gasteiger partial charge in [0.05, 0.1) is 33.1 Å². The van der Waals surface area contributed by atoms with E-state index in [-0.39, 0.29) is 0 Å². The van der Waals surface area contributed by atoms with Crippen LogP contribution in [-0.4, -0.2) is 13.7 Å². The Labute approximate surface area is 294 Å². The summed E-state index contributed by atoms with van der Waals surface area (Å²) in [4.78, 5) is 0. The van der Waals surface area contributed by atoms with Crippen LogP contribution in [0.1, 0.15) is 0 Å². The van der Waals surface area contributed by atoms with Gasteiger partial charge in [-0.15, -0.1) is 0 Å². The molecule has 3 aromatic heterocycles. The topological polar surface area (TPSA) is 14.8 Å². The van der Waals surface area contributed by atoms with Crippen molar-refractivity contribution in [1.82, 2.24) is 13.7 Å². The molecule has 0 spiro atoms. The van der Waals surface area contributed by atoms with Crippen LogP contribution < -0.4 is 0 Å². The van der Waals surface area contributed by atoms with Gasteiger partial charge in [0.1, 0.15) is 0 Å². The highest BCUT2D eigenvalue weighted by atomic mass is 15.0. The van der Waals surface area contributed by atoms with Crippen molar-refractivity contribution in [2.24, 2.45) is 0 Å². The van der Waals surface area contributed by atoms with Crippen LogP contribution in [-0.2, 0) is 0 Å². The van der Waals surface area contributed by atoms with Crippen molar-refractivity contribution in [3.63, 3.8) is 0 Å². The van der Waals surface area contributed by atoms with Crippen LogP contribution in [0.2, 0.25) is 0 Å². The van der Waals surface area contributed by atoms with Gasteiger partial charge in [-0.05, 0) is 83.9 Å². The number of nitrogens with zero attached hydrogens (tertiary/aromatic N) is 3. The van der Waals surface area contributed by atoms with Gasteiger partial charge in [0.25, 0.3) is 0 Å². The molecule has 0 fully saturated rings. The van der Waals surface area contributed by atoms with Crippen molar-refractivity contribution in [2.45, 2.75) is 0 Å². The van der Waals surface area contributed by atoms with E-state index in [0.29, 0.717) is 0 Å². The van der Waals surface area contributed by atoms with E-state index in [9.17, 15) is 0 Å². The molecule has 0 aliphatic heterocycles. The summed E-state index contributed by atoms with van der Waals surface area (Å²) in [7, 11) is 0. The van der Waals surface area contributed by atoms with Crippen LogP contribution >= 0.6 is 0 Å². The fourth-order valence-corrected chi connectivity index (χ4v) is 8.37. The molecule has 0 bridgehead atoms. The first-order valence-electron chi connectivity index (χ1n) is 17.5. The van der Waals surface area contributed by atoms with Gasteiger partial charge in [-0.25, -0.2) is 0 Å². The van der Waals surface area contributed by atoms with Gasteiger partial charge in [0.2, 0.25) is 0 Å². The standard InChI is InChI=1S/C48H31N3/c1-2-12-32(13-3-1)33-22-24-34(25-23-33)50-45-20-10-6-16-39(45)41-30-42-40-17-7-11-21-46(40)51(48(42)31-47(41)50)36-28-26-35(27-29-36)49-43-18-8-4-14-37(43)38-15-5-9-19-44(38)49/h1-31H. The largest absolute Gasteiger partial charge is 0.309 e. The monoisotopic (exact) mass is 649 g/mol. The normalized spacial score (nSPS) is 11.9. The summed E-state index contributed by atoms with van der Waals surface area (Å²) in [5.41, 5.74) is 13.1. The zero-order valence-electron chi connectivity index (χ0n) is 27.7. The molecule has 3 nitrogen and oxygen atoms in total. The predicted molar refractivity (Wildman–Crippen MR) is 215 cm³/mol. The summed E-state index contributed by atoms with van der Waals surface area (Å²) < 4.78 is 7.23. The molecule has 0 radical (unpaired) electrons. The van der Waals surface area contributed by atoms with Gasteiger partial charge in [-0.2, -0.15) is 0 Å². The molecule has 11 rings (SSSR count). The molecule has 0 atom stereocenters. The Morgan fingerprint density at radius 1 is 0.216 bits per heavy atom. The Bertz CT molecular complexity index is 3050. The van der Waals surface area contributed by atoms with Crippen LogP contribution in [0, 0.1) is 0 Å². The third kappa shape index (κ3) is 4.12. The molecule has 0 aliphatic rings. The van der Waals surface area contributed by atoms with Crippen molar-refractivity contribution < 1.29 is 0 Å². The van der Waals surface area contributed by atoms with E-state index >= 15 is 0 Å². The van der Waals surface area contributed by atoms with E-state index in [1.54, 1.807) is 0 Å². The average Bonchev–Trinajstić information content (AvgIpc) is 3.83. The van der Waals surface area contributed by atoms with Crippen LogP contribution in [0.15, 0.2) is 188 Å². The molecular weight excluding hydrogens is 619 g/mol. The average molecular weight is 650 g/mol. The number of benzene rings is 8. The highest BCUT2D eigenvalue weighted by Crippen LogP contribution is 2.40. The smallest absolute Gasteiger partial charge is 0.0562 e. The second-order valence-corrected chi connectivity index (χ2v) is 13.4. The molecule has 0 unspecified atom stereocenters. The van der Waals surface area contributed by atoms with Crippen LogP contribution in [0.3, 0.4) is 0 Å². The maximum atomic E-state index is 2.43. The Balaban J connectivity index is 1.13. The van der Waals surface area contributed by atoms with E-state index in [0.717, 1.165) is 17.1 Å². The lowest BCUT2D eigenvalue weighted by atomic mass is 10.1. The van der Waals surface area contributed by atoms with Gasteiger partial charge < -0.3 is 13.7 Å². The van der Waals surface area contributed by atoms with Crippen LogP contribution in [0.5, 0.6) is 0 Å². The third-order valence-corrected chi connectivity index (χ3v) is 10.6. The number of aromatic nitrogens is 3. The van der Waals surface area contributed by atoms with Gasteiger partial charge in [-0.1, -0.05) is 115 Å². The number of hydrogen-bond donors (Lipinski definition) is 0. The van der Waals surface area contributed by atoms with Crippen molar-refractivity contribution in [2.75, 3.05) is 0 Å². The van der Waals surface area contributed by atoms with E-state index in [4.69, 9.17) is 0 Å². The zero-order valence-corrected chi connectivity index (χ0v) is 27.7. The Hall–Kier alpha value is -6.84. The van der Waals surface area contributed by atoms with Crippen molar-refractivity contribution in [3.8, 4) is 28.2 Å². The molecule has 3 heteroatoms. The highest BCUT2D eigenvalue weighted by molar-refractivity contribution is 6.19. The minimum Gasteiger partial charge on any atom is -0.309 e. The van der Waals surface area contributed by atoms with Crippen molar-refractivity contribution in [3.05, 3.63) is 188 Å². The molecule has 0 saturated heterocycles. The van der Waals surface area contributed by atoms with Crippen molar-refractivity contribution >= 4 is 65.4 Å². The minimum atomic E-state index is 1.14. The lowest BCUT2D eigenvalue weighted by molar-refractivity contribution is 1.14. The molecule has 0 saturated carbocycles. The van der Waals surface area contributed by atoms with Gasteiger partial charge in [0.15, 0.2) is 0 Å². The first-order valence-corrected chi connectivity index (χ1v) is 17.5. The third-order valence-electron chi connectivity index (χ3n) is 10.6. The SMILES string of the molecule is c1ccc(-c2ccc(-n3c4ccccc4c4cc5c6ccccc6n(-c6ccc(-n7c8ccccc8c8ccccc87)cc6)c5cc43)cc2)cc1. The first-order chi connectivity index (χ1) is 25.3. The molecule has 0 aliphatic carbocycles. The second-order valence-electron chi connectivity index (χ2n) is 13.4. The maximum Gasteiger partial charge on any atom is 0.0562 e. The van der Waals surface area contributed by atoms with Crippen LogP contribution in [0.25, 0.3) is 93.6 Å². The molecule has 11 aromatic rings. The number of rotatable bonds is 4. The Morgan fingerprint density at radius 2 is 0.529 bits per heavy atom. The molecule has 0 N–H and O–H groups in total. The summed E-state index contributed by atoms with van der Waals surface area (Å²) >= 11 is 0. The summed E-state index contributed by atoms with van der Waals surface area (Å²) in [6.07, 6.45) is 0. The second kappa shape index (κ2) is 10.8. The molecule has 51 heavy (non-hydrogen) atoms.